The molecule has 0 spiro atoms. The lowest BCUT2D eigenvalue weighted by Crippen LogP contribution is -2.10. The van der Waals surface area contributed by atoms with Gasteiger partial charge in [0.1, 0.15) is 11.6 Å². The molecule has 47 heavy (non-hydrogen) atoms. The quantitative estimate of drug-likeness (QED) is 0.153. The van der Waals surface area contributed by atoms with Gasteiger partial charge in [-0.15, -0.1) is 0 Å². The Hall–Kier alpha value is -3.09. The zero-order chi connectivity index (χ0) is 33.3. The van der Waals surface area contributed by atoms with Crippen molar-refractivity contribution in [3.05, 3.63) is 150 Å². The molecule has 4 aromatic carbocycles. The van der Waals surface area contributed by atoms with Crippen molar-refractivity contribution in [3.8, 4) is 44.5 Å². The lowest BCUT2D eigenvalue weighted by atomic mass is 9.96. The first-order chi connectivity index (χ1) is 22.5. The summed E-state index contributed by atoms with van der Waals surface area (Å²) in [6, 6.07) is 24.2. The molecule has 0 saturated heterocycles. The first-order valence-corrected chi connectivity index (χ1v) is 19.1. The van der Waals surface area contributed by atoms with Crippen molar-refractivity contribution in [1.29, 1.82) is 0 Å². The Morgan fingerprint density at radius 3 is 1.26 bits per heavy atom. The first-order valence-electron chi connectivity index (χ1n) is 14.1. The predicted molar refractivity (Wildman–Crippen MR) is 197 cm³/mol. The van der Waals surface area contributed by atoms with Gasteiger partial charge in [-0.3, -0.25) is 9.97 Å². The van der Waals surface area contributed by atoms with Crippen LogP contribution >= 0.6 is 63.7 Å². The van der Waals surface area contributed by atoms with E-state index >= 15 is 8.78 Å². The fourth-order valence-corrected chi connectivity index (χ4v) is 8.04. The number of nitrogens with zero attached hydrogens (tertiary/aromatic N) is 2. The summed E-state index contributed by atoms with van der Waals surface area (Å²) in [6.45, 7) is 0. The second kappa shape index (κ2) is 14.2. The minimum Gasteiger partial charge on any atom is -0.264 e. The maximum absolute atomic E-state index is 15.4. The molecule has 0 saturated carbocycles. The second-order valence-electron chi connectivity index (χ2n) is 10.7. The summed E-state index contributed by atoms with van der Waals surface area (Å²) in [7, 11) is -3.93. The Morgan fingerprint density at radius 1 is 0.489 bits per heavy atom. The number of pyridine rings is 2. The predicted octanol–water partition coefficient (Wildman–Crippen LogP) is 11.6. The van der Waals surface area contributed by atoms with Gasteiger partial charge in [-0.05, 0) is 146 Å². The zero-order valence-electron chi connectivity index (χ0n) is 24.2. The van der Waals surface area contributed by atoms with E-state index < -0.39 is 33.0 Å². The number of hydrogen-bond donors (Lipinski definition) is 0. The van der Waals surface area contributed by atoms with Gasteiger partial charge >= 0.3 is 0 Å². The number of aromatic nitrogens is 2. The number of sulfone groups is 1. The standard InChI is InChI=1S/C36H22Br4F2N2O2S/c37-31-7-5-21(13-33(31)39)27-9-11-43-17-29(27)23-1-3-25(35(41)15-23)19-47(45,46)20-26-4-2-24(16-36(26)42)30-18-44-12-10-28(30)22-6-8-32(38)34(40)14-22/h1-18H,19-20H2. The molecule has 0 aliphatic carbocycles. The highest BCUT2D eigenvalue weighted by Crippen LogP contribution is 2.37. The Labute approximate surface area is 304 Å². The van der Waals surface area contributed by atoms with Crippen molar-refractivity contribution in [2.24, 2.45) is 0 Å². The van der Waals surface area contributed by atoms with Crippen LogP contribution in [0.1, 0.15) is 11.1 Å². The Kier molecular flexibility index (Phi) is 10.2. The first kappa shape index (κ1) is 33.8. The van der Waals surface area contributed by atoms with E-state index in [0.717, 1.165) is 40.1 Å². The SMILES string of the molecule is O=S(=O)(Cc1ccc(-c2cnccc2-c2ccc(Br)c(Br)c2)cc1F)Cc1ccc(-c2cnccc2-c2ccc(Br)c(Br)c2)cc1F. The van der Waals surface area contributed by atoms with Gasteiger partial charge in [-0.25, -0.2) is 17.2 Å². The van der Waals surface area contributed by atoms with E-state index in [1.807, 2.05) is 48.5 Å². The second-order valence-corrected chi connectivity index (χ2v) is 16.2. The van der Waals surface area contributed by atoms with Crippen LogP contribution in [0.2, 0.25) is 0 Å². The highest BCUT2D eigenvalue weighted by Gasteiger charge is 2.20. The molecule has 0 fully saturated rings. The van der Waals surface area contributed by atoms with Gasteiger partial charge in [0, 0.05) is 64.9 Å². The van der Waals surface area contributed by atoms with Crippen LogP contribution in [0, 0.1) is 11.6 Å². The number of rotatable bonds is 8. The van der Waals surface area contributed by atoms with Crippen molar-refractivity contribution < 1.29 is 17.2 Å². The third-order valence-electron chi connectivity index (χ3n) is 7.58. The van der Waals surface area contributed by atoms with Gasteiger partial charge in [-0.2, -0.15) is 0 Å². The molecule has 236 valence electrons. The Morgan fingerprint density at radius 2 is 0.872 bits per heavy atom. The van der Waals surface area contributed by atoms with Gasteiger partial charge in [0.25, 0.3) is 0 Å². The molecule has 0 aliphatic rings. The van der Waals surface area contributed by atoms with Crippen LogP contribution in [0.15, 0.2) is 128 Å². The molecule has 4 nitrogen and oxygen atoms in total. The minimum absolute atomic E-state index is 0.00302. The summed E-state index contributed by atoms with van der Waals surface area (Å²) in [6.07, 6.45) is 6.62. The number of hydrogen-bond acceptors (Lipinski definition) is 4. The molecular formula is C36H22Br4F2N2O2S. The molecule has 0 amide bonds. The van der Waals surface area contributed by atoms with Gasteiger partial charge < -0.3 is 0 Å². The van der Waals surface area contributed by atoms with E-state index in [1.165, 1.54) is 24.3 Å². The molecule has 0 bridgehead atoms. The third-order valence-corrected chi connectivity index (χ3v) is 12.8. The van der Waals surface area contributed by atoms with Crippen molar-refractivity contribution in [1.82, 2.24) is 9.97 Å². The molecule has 6 aromatic rings. The van der Waals surface area contributed by atoms with Crippen molar-refractivity contribution in [3.63, 3.8) is 0 Å². The van der Waals surface area contributed by atoms with E-state index in [0.29, 0.717) is 22.3 Å². The van der Waals surface area contributed by atoms with Crippen LogP contribution in [0.3, 0.4) is 0 Å². The van der Waals surface area contributed by atoms with E-state index in [-0.39, 0.29) is 11.1 Å². The summed E-state index contributed by atoms with van der Waals surface area (Å²) in [5.41, 5.74) is 5.99. The van der Waals surface area contributed by atoms with E-state index in [9.17, 15) is 8.42 Å². The van der Waals surface area contributed by atoms with Gasteiger partial charge in [0.15, 0.2) is 9.84 Å². The summed E-state index contributed by atoms with van der Waals surface area (Å²) >= 11 is 14.0. The van der Waals surface area contributed by atoms with E-state index in [4.69, 9.17) is 0 Å². The van der Waals surface area contributed by atoms with Gasteiger partial charge in [0.2, 0.25) is 0 Å². The van der Waals surface area contributed by atoms with E-state index in [1.54, 1.807) is 36.9 Å². The van der Waals surface area contributed by atoms with Crippen LogP contribution < -0.4 is 0 Å². The number of halogens is 6. The Bertz CT molecular complexity index is 2110. The van der Waals surface area contributed by atoms with Gasteiger partial charge in [-0.1, -0.05) is 36.4 Å². The summed E-state index contributed by atoms with van der Waals surface area (Å²) in [4.78, 5) is 8.45. The maximum Gasteiger partial charge on any atom is 0.158 e. The third kappa shape index (κ3) is 7.65. The average Bonchev–Trinajstić information content (AvgIpc) is 3.05. The smallest absolute Gasteiger partial charge is 0.158 e. The van der Waals surface area contributed by atoms with Crippen LogP contribution in [0.5, 0.6) is 0 Å². The fourth-order valence-electron chi connectivity index (χ4n) is 5.27. The summed E-state index contributed by atoms with van der Waals surface area (Å²) in [5, 5.41) is 0. The lowest BCUT2D eigenvalue weighted by molar-refractivity contribution is 0.581. The topological polar surface area (TPSA) is 59.9 Å². The highest BCUT2D eigenvalue weighted by molar-refractivity contribution is 9.13. The van der Waals surface area contributed by atoms with Crippen LogP contribution in [-0.4, -0.2) is 18.4 Å². The van der Waals surface area contributed by atoms with E-state index in [2.05, 4.69) is 73.7 Å². The molecule has 2 heterocycles. The molecule has 0 radical (unpaired) electrons. The minimum atomic E-state index is -3.93. The zero-order valence-corrected chi connectivity index (χ0v) is 31.4. The summed E-state index contributed by atoms with van der Waals surface area (Å²) < 4.78 is 60.8. The lowest BCUT2D eigenvalue weighted by Gasteiger charge is -2.13. The van der Waals surface area contributed by atoms with Crippen LogP contribution in [0.25, 0.3) is 44.5 Å². The van der Waals surface area contributed by atoms with Crippen LogP contribution in [0.4, 0.5) is 8.78 Å². The highest BCUT2D eigenvalue weighted by atomic mass is 79.9. The molecule has 0 N–H and O–H groups in total. The molecule has 0 aliphatic heterocycles. The van der Waals surface area contributed by atoms with Crippen molar-refractivity contribution >= 4 is 73.6 Å². The molecule has 2 aromatic heterocycles. The normalized spacial score (nSPS) is 11.5. The van der Waals surface area contributed by atoms with Crippen LogP contribution in [-0.2, 0) is 21.3 Å². The monoisotopic (exact) mass is 900 g/mol. The Balaban J connectivity index is 1.23. The molecular weight excluding hydrogens is 882 g/mol. The summed E-state index contributed by atoms with van der Waals surface area (Å²) in [5.74, 6) is -2.49. The molecule has 6 rings (SSSR count). The largest absolute Gasteiger partial charge is 0.264 e. The molecule has 0 unspecified atom stereocenters. The van der Waals surface area contributed by atoms with Gasteiger partial charge in [0.05, 0.1) is 11.5 Å². The maximum atomic E-state index is 15.4. The molecule has 0 atom stereocenters. The van der Waals surface area contributed by atoms with Crippen molar-refractivity contribution in [2.45, 2.75) is 11.5 Å². The average molecular weight is 904 g/mol. The fraction of sp³-hybridized carbons (Fsp3) is 0.0556. The number of benzene rings is 4. The van der Waals surface area contributed by atoms with Crippen molar-refractivity contribution in [2.75, 3.05) is 0 Å². The molecule has 11 heteroatoms.